The number of amides is 1. The highest BCUT2D eigenvalue weighted by Crippen LogP contribution is 2.43. The average Bonchev–Trinajstić information content (AvgIpc) is 3.13. The van der Waals surface area contributed by atoms with Gasteiger partial charge in [0.2, 0.25) is 5.91 Å². The highest BCUT2D eigenvalue weighted by Gasteiger charge is 2.53. The molecule has 2 fully saturated rings. The Morgan fingerprint density at radius 3 is 2.52 bits per heavy atom. The minimum Gasteiger partial charge on any atom is -0.354 e. The van der Waals surface area contributed by atoms with Gasteiger partial charge in [-0.2, -0.15) is 18.3 Å². The molecule has 0 radical (unpaired) electrons. The maximum atomic E-state index is 13.3. The zero-order chi connectivity index (χ0) is 23.4. The molecule has 1 spiro atoms. The van der Waals surface area contributed by atoms with Crippen molar-refractivity contribution in [3.63, 3.8) is 0 Å². The zero-order valence-electron chi connectivity index (χ0n) is 17.1. The quantitative estimate of drug-likeness (QED) is 0.549. The van der Waals surface area contributed by atoms with E-state index in [1.165, 1.54) is 23.4 Å². The summed E-state index contributed by atoms with van der Waals surface area (Å²) >= 11 is 0. The molecule has 33 heavy (non-hydrogen) atoms. The first-order chi connectivity index (χ1) is 15.7. The second-order valence-electron chi connectivity index (χ2n) is 8.25. The number of anilines is 2. The van der Waals surface area contributed by atoms with Crippen molar-refractivity contribution in [3.8, 4) is 0 Å². The minimum absolute atomic E-state index is 0.171. The number of fused-ring (bicyclic) bond motifs is 1. The molecule has 0 unspecified atom stereocenters. The molecule has 3 aromatic rings. The summed E-state index contributed by atoms with van der Waals surface area (Å²) in [6, 6.07) is 2.26. The van der Waals surface area contributed by atoms with Gasteiger partial charge >= 0.3 is 6.18 Å². The summed E-state index contributed by atoms with van der Waals surface area (Å²) in [5.41, 5.74) is -1.02. The van der Waals surface area contributed by atoms with Crippen LogP contribution in [0.1, 0.15) is 18.4 Å². The average molecular weight is 467 g/mol. The number of halogens is 5. The third-order valence-electron chi connectivity index (χ3n) is 6.04. The molecule has 0 N–H and O–H groups in total. The molecule has 0 aliphatic carbocycles. The van der Waals surface area contributed by atoms with E-state index >= 15 is 0 Å². The Kier molecular flexibility index (Phi) is 4.94. The molecule has 1 amide bonds. The van der Waals surface area contributed by atoms with Crippen LogP contribution in [-0.4, -0.2) is 56.7 Å². The highest BCUT2D eigenvalue weighted by atomic mass is 19.4. The molecule has 13 heteroatoms. The van der Waals surface area contributed by atoms with E-state index in [1.54, 1.807) is 4.90 Å². The lowest BCUT2D eigenvalue weighted by molar-refractivity contribution is -0.137. The lowest BCUT2D eigenvalue weighted by Gasteiger charge is -2.53. The van der Waals surface area contributed by atoms with Gasteiger partial charge in [-0.1, -0.05) is 0 Å². The van der Waals surface area contributed by atoms with Crippen molar-refractivity contribution < 1.29 is 26.7 Å². The van der Waals surface area contributed by atoms with Gasteiger partial charge in [0.1, 0.15) is 17.9 Å². The van der Waals surface area contributed by atoms with Crippen LogP contribution >= 0.6 is 0 Å². The van der Waals surface area contributed by atoms with Gasteiger partial charge in [0, 0.05) is 25.8 Å². The molecule has 8 nitrogen and oxygen atoms in total. The van der Waals surface area contributed by atoms with Crippen LogP contribution in [0.2, 0.25) is 0 Å². The van der Waals surface area contributed by atoms with Crippen LogP contribution in [-0.2, 0) is 17.5 Å². The van der Waals surface area contributed by atoms with E-state index in [0.29, 0.717) is 43.8 Å². The summed E-state index contributed by atoms with van der Waals surface area (Å²) in [4.78, 5) is 29.1. The number of carbonyl (C=O) groups is 1. The van der Waals surface area contributed by atoms with Gasteiger partial charge in [0.25, 0.3) is 6.43 Å². The van der Waals surface area contributed by atoms with Gasteiger partial charge in [0.15, 0.2) is 11.5 Å². The van der Waals surface area contributed by atoms with Gasteiger partial charge in [0.05, 0.1) is 23.4 Å². The topological polar surface area (TPSA) is 80.0 Å². The van der Waals surface area contributed by atoms with Crippen LogP contribution in [0.4, 0.5) is 33.6 Å². The monoisotopic (exact) mass is 467 g/mol. The minimum atomic E-state index is -4.46. The normalized spacial score (nSPS) is 18.4. The predicted octanol–water partition coefficient (Wildman–Crippen LogP) is 3.14. The lowest BCUT2D eigenvalue weighted by Crippen LogP contribution is -2.66. The Balaban J connectivity index is 1.34. The summed E-state index contributed by atoms with van der Waals surface area (Å²) in [5.74, 6) is 0.454. The number of carbonyl (C=O) groups excluding carboxylic acids is 1. The number of hydrogen-bond donors (Lipinski definition) is 0. The molecule has 0 bridgehead atoms. The van der Waals surface area contributed by atoms with E-state index in [2.05, 4.69) is 20.1 Å². The smallest absolute Gasteiger partial charge is 0.354 e. The van der Waals surface area contributed by atoms with E-state index < -0.39 is 30.1 Å². The largest absolute Gasteiger partial charge is 0.417 e. The van der Waals surface area contributed by atoms with E-state index in [4.69, 9.17) is 0 Å². The molecule has 5 heterocycles. The number of piperidine rings is 1. The van der Waals surface area contributed by atoms with Crippen molar-refractivity contribution in [1.82, 2.24) is 24.7 Å². The Bertz CT molecular complexity index is 1190. The van der Waals surface area contributed by atoms with E-state index in [0.717, 1.165) is 16.9 Å². The van der Waals surface area contributed by atoms with Crippen molar-refractivity contribution in [2.24, 2.45) is 5.41 Å². The number of alkyl halides is 5. The molecule has 0 atom stereocenters. The van der Waals surface area contributed by atoms with E-state index in [9.17, 15) is 26.7 Å². The maximum absolute atomic E-state index is 13.3. The fraction of sp³-hybridized carbons (Fsp3) is 0.450. The fourth-order valence-electron chi connectivity index (χ4n) is 4.40. The SMILES string of the molecule is O=C1N(c2cnc3cnn(CC(F)F)c3n2)CCCC12CN(c1ccc(C(F)(F)F)cn1)C2. The Labute approximate surface area is 184 Å². The number of aromatic nitrogens is 5. The first-order valence-electron chi connectivity index (χ1n) is 10.2. The lowest BCUT2D eigenvalue weighted by atomic mass is 9.72. The number of nitrogens with zero attached hydrogens (tertiary/aromatic N) is 7. The van der Waals surface area contributed by atoms with Crippen molar-refractivity contribution >= 4 is 28.7 Å². The zero-order valence-corrected chi connectivity index (χ0v) is 17.1. The van der Waals surface area contributed by atoms with Crippen molar-refractivity contribution in [3.05, 3.63) is 36.3 Å². The van der Waals surface area contributed by atoms with Crippen molar-refractivity contribution in [2.45, 2.75) is 32.0 Å². The summed E-state index contributed by atoms with van der Waals surface area (Å²) in [5, 5.41) is 3.89. The molecule has 0 aromatic carbocycles. The molecule has 2 saturated heterocycles. The van der Waals surface area contributed by atoms with E-state index in [1.807, 2.05) is 0 Å². The molecular formula is C20H18F5N7O. The molecule has 2 aliphatic rings. The second-order valence-corrected chi connectivity index (χ2v) is 8.25. The maximum Gasteiger partial charge on any atom is 0.417 e. The fourth-order valence-corrected chi connectivity index (χ4v) is 4.40. The van der Waals surface area contributed by atoms with Crippen LogP contribution in [0, 0.1) is 5.41 Å². The standard InChI is InChI=1S/C20H18F5N7O/c21-14(22)9-32-17-13(7-28-32)26-8-16(29-17)31-5-1-4-19(18(31)33)10-30(11-19)15-3-2-12(6-27-15)20(23,24)25/h2-3,6-8,14H,1,4-5,9-11H2. The molecule has 2 aliphatic heterocycles. The van der Waals surface area contributed by atoms with Crippen LogP contribution in [0.25, 0.3) is 11.2 Å². The Morgan fingerprint density at radius 1 is 1.06 bits per heavy atom. The van der Waals surface area contributed by atoms with Crippen LogP contribution in [0.3, 0.4) is 0 Å². The predicted molar refractivity (Wildman–Crippen MR) is 107 cm³/mol. The first kappa shape index (κ1) is 21.5. The van der Waals surface area contributed by atoms with Crippen LogP contribution in [0.15, 0.2) is 30.7 Å². The van der Waals surface area contributed by atoms with Crippen LogP contribution in [0.5, 0.6) is 0 Å². The van der Waals surface area contributed by atoms with Gasteiger partial charge in [-0.15, -0.1) is 0 Å². The third-order valence-corrected chi connectivity index (χ3v) is 6.04. The Morgan fingerprint density at radius 2 is 1.85 bits per heavy atom. The summed E-state index contributed by atoms with van der Waals surface area (Å²) in [6.45, 7) is 0.413. The van der Waals surface area contributed by atoms with Gasteiger partial charge in [-0.3, -0.25) is 9.69 Å². The third kappa shape index (κ3) is 3.74. The molecule has 0 saturated carbocycles. The van der Waals surface area contributed by atoms with Crippen molar-refractivity contribution in [2.75, 3.05) is 29.4 Å². The molecule has 174 valence electrons. The highest BCUT2D eigenvalue weighted by molar-refractivity contribution is 6.00. The Hall–Kier alpha value is -3.38. The van der Waals surface area contributed by atoms with E-state index in [-0.39, 0.29) is 17.4 Å². The van der Waals surface area contributed by atoms with Gasteiger partial charge in [-0.25, -0.2) is 28.4 Å². The van der Waals surface area contributed by atoms with Crippen LogP contribution < -0.4 is 9.80 Å². The second kappa shape index (κ2) is 7.59. The number of pyridine rings is 1. The summed E-state index contributed by atoms with van der Waals surface area (Å²) in [6.07, 6.45) is -2.22. The molecular weight excluding hydrogens is 449 g/mol. The summed E-state index contributed by atoms with van der Waals surface area (Å²) in [7, 11) is 0. The molecule has 3 aromatic heterocycles. The van der Waals surface area contributed by atoms with Crippen molar-refractivity contribution in [1.29, 1.82) is 0 Å². The van der Waals surface area contributed by atoms with Gasteiger partial charge in [-0.05, 0) is 25.0 Å². The molecule has 5 rings (SSSR count). The number of hydrogen-bond acceptors (Lipinski definition) is 6. The van der Waals surface area contributed by atoms with Gasteiger partial charge < -0.3 is 4.90 Å². The first-order valence-corrected chi connectivity index (χ1v) is 10.2. The number of rotatable bonds is 4. The summed E-state index contributed by atoms with van der Waals surface area (Å²) < 4.78 is 65.0.